The molecule has 0 saturated carbocycles. The molecule has 0 aliphatic carbocycles. The van der Waals surface area contributed by atoms with Crippen molar-refractivity contribution < 1.29 is 28.0 Å². The number of carbonyl (C=O) groups is 1. The first-order chi connectivity index (χ1) is 14.6. The van der Waals surface area contributed by atoms with Gasteiger partial charge in [-0.3, -0.25) is 4.55 Å². The van der Waals surface area contributed by atoms with Crippen LogP contribution < -0.4 is 0 Å². The van der Waals surface area contributed by atoms with E-state index in [-0.39, 0.29) is 81.0 Å². The fourth-order valence-corrected chi connectivity index (χ4v) is 2.96. The summed E-state index contributed by atoms with van der Waals surface area (Å²) in [4.78, 5) is 10.9. The number of phenols is 1. The first kappa shape index (κ1) is 29.1. The van der Waals surface area contributed by atoms with E-state index in [9.17, 15) is 18.3 Å². The minimum atomic E-state index is -4.26. The predicted molar refractivity (Wildman–Crippen MR) is 122 cm³/mol. The van der Waals surface area contributed by atoms with Gasteiger partial charge in [-0.2, -0.15) is 28.9 Å². The minimum absolute atomic E-state index is 0. The maximum absolute atomic E-state index is 11.2. The molecule has 3 aromatic rings. The Labute approximate surface area is 233 Å². The Kier molecular flexibility index (Phi) is 11.0. The molecule has 2 radical (unpaired) electrons. The van der Waals surface area contributed by atoms with Gasteiger partial charge in [-0.25, -0.2) is 4.79 Å². The smallest absolute Gasteiger partial charge is 0.339 e. The van der Waals surface area contributed by atoms with Crippen LogP contribution in [0.15, 0.2) is 86.0 Å². The molecule has 13 heteroatoms. The third-order valence-electron chi connectivity index (χ3n) is 4.06. The Morgan fingerprint density at radius 1 is 0.758 bits per heavy atom. The second-order valence-electron chi connectivity index (χ2n) is 6.35. The summed E-state index contributed by atoms with van der Waals surface area (Å²) in [6.45, 7) is 1.57. The Hall–Kier alpha value is -1.96. The van der Waals surface area contributed by atoms with E-state index >= 15 is 0 Å². The van der Waals surface area contributed by atoms with Gasteiger partial charge in [0.1, 0.15) is 11.3 Å². The molecule has 0 atom stereocenters. The summed E-state index contributed by atoms with van der Waals surface area (Å²) in [6.07, 6.45) is 0. The molecule has 3 rings (SSSR count). The Morgan fingerprint density at radius 3 is 1.55 bits per heavy atom. The van der Waals surface area contributed by atoms with Crippen molar-refractivity contribution in [3.8, 4) is 5.75 Å². The van der Waals surface area contributed by atoms with Crippen LogP contribution in [0.2, 0.25) is 0 Å². The van der Waals surface area contributed by atoms with Crippen molar-refractivity contribution in [2.24, 2.45) is 20.5 Å². The van der Waals surface area contributed by atoms with Gasteiger partial charge < -0.3 is 10.2 Å². The van der Waals surface area contributed by atoms with Crippen LogP contribution in [-0.2, 0) is 10.1 Å². The molecular weight excluding hydrogens is 470 g/mol. The molecule has 0 aliphatic heterocycles. The minimum Gasteiger partial charge on any atom is -0.507 e. The van der Waals surface area contributed by atoms with E-state index in [2.05, 4.69) is 20.5 Å². The van der Waals surface area contributed by atoms with Crippen LogP contribution in [0.3, 0.4) is 0 Å². The molecule has 0 heterocycles. The number of aromatic hydroxyl groups is 1. The summed E-state index contributed by atoms with van der Waals surface area (Å²) in [5, 5.41) is 35.0. The monoisotopic (exact) mass is 486 g/mol. The van der Waals surface area contributed by atoms with Gasteiger partial charge in [0.25, 0.3) is 10.1 Å². The van der Waals surface area contributed by atoms with Gasteiger partial charge in [-0.1, -0.05) is 0 Å². The molecule has 0 spiro atoms. The number of benzene rings is 3. The molecule has 160 valence electrons. The summed E-state index contributed by atoms with van der Waals surface area (Å²) < 4.78 is 31.0. The second-order valence-corrected chi connectivity index (χ2v) is 7.77. The third-order valence-corrected chi connectivity index (χ3v) is 4.93. The van der Waals surface area contributed by atoms with Gasteiger partial charge >= 0.3 is 5.97 Å². The number of carboxylic acid groups (broad SMARTS) is 1. The average molecular weight is 486 g/mol. The largest absolute Gasteiger partial charge is 0.507 e. The first-order valence-electron chi connectivity index (χ1n) is 8.71. The van der Waals surface area contributed by atoms with Gasteiger partial charge in [-0.05, 0) is 73.2 Å². The second kappa shape index (κ2) is 12.5. The molecule has 0 unspecified atom stereocenters. The molecule has 0 bridgehead atoms. The summed E-state index contributed by atoms with van der Waals surface area (Å²) in [5.74, 6) is -1.58. The van der Waals surface area contributed by atoms with E-state index in [1.165, 1.54) is 36.4 Å². The van der Waals surface area contributed by atoms with Crippen molar-refractivity contribution in [2.45, 2.75) is 11.8 Å². The summed E-state index contributed by atoms with van der Waals surface area (Å²) in [6, 6.07) is 14.5. The van der Waals surface area contributed by atoms with Crippen molar-refractivity contribution in [2.75, 3.05) is 0 Å². The summed E-state index contributed by atoms with van der Waals surface area (Å²) in [5.41, 5.74) is 1.78. The number of azo groups is 2. The number of hydrogen-bond donors (Lipinski definition) is 3. The van der Waals surface area contributed by atoms with Gasteiger partial charge in [0.2, 0.25) is 0 Å². The predicted octanol–water partition coefficient (Wildman–Crippen LogP) is 4.71. The van der Waals surface area contributed by atoms with Gasteiger partial charge in [0.05, 0.1) is 27.6 Å². The van der Waals surface area contributed by atoms with Crippen molar-refractivity contribution in [3.63, 3.8) is 0 Å². The number of aryl methyl sites for hydroxylation is 1. The maximum Gasteiger partial charge on any atom is 0.339 e. The number of carboxylic acids is 1. The van der Waals surface area contributed by atoms with Gasteiger partial charge in [0.15, 0.2) is 0 Å². The normalized spacial score (nSPS) is 11.2. The van der Waals surface area contributed by atoms with Crippen molar-refractivity contribution in [1.29, 1.82) is 0 Å². The molecule has 3 aromatic carbocycles. The van der Waals surface area contributed by atoms with E-state index in [1.54, 1.807) is 31.2 Å². The van der Waals surface area contributed by atoms with Crippen LogP contribution in [0, 0.1) is 6.92 Å². The zero-order valence-electron chi connectivity index (χ0n) is 18.0. The standard InChI is InChI=1S/C20H16N4O6S.2Na/c1-12-10-16(11-18(19(12)25)20(26)27)24-23-14-4-2-13(3-5-14)21-22-15-6-8-17(9-7-15)31(28,29)30;;/h2-11,25H,1H3,(H,26,27)(H,28,29,30);;. The van der Waals surface area contributed by atoms with E-state index in [0.717, 1.165) is 0 Å². The quantitative estimate of drug-likeness (QED) is 0.260. The summed E-state index contributed by atoms with van der Waals surface area (Å²) in [7, 11) is -4.26. The van der Waals surface area contributed by atoms with Gasteiger partial charge in [-0.15, -0.1) is 0 Å². The molecule has 0 saturated heterocycles. The average Bonchev–Trinajstić information content (AvgIpc) is 2.73. The van der Waals surface area contributed by atoms with Crippen LogP contribution in [0.25, 0.3) is 0 Å². The van der Waals surface area contributed by atoms with Crippen molar-refractivity contribution in [3.05, 3.63) is 71.8 Å². The SMILES string of the molecule is Cc1cc(N=Nc2ccc(N=Nc3ccc(S(=O)(=O)O)cc3)cc2)cc(C(=O)O)c1O.[Na].[Na]. The Morgan fingerprint density at radius 2 is 1.15 bits per heavy atom. The van der Waals surface area contributed by atoms with E-state index in [1.807, 2.05) is 0 Å². The van der Waals surface area contributed by atoms with Crippen molar-refractivity contribution >= 4 is 98.0 Å². The molecule has 33 heavy (non-hydrogen) atoms. The van der Waals surface area contributed by atoms with Crippen LogP contribution in [0.5, 0.6) is 5.75 Å². The zero-order valence-corrected chi connectivity index (χ0v) is 22.9. The zero-order chi connectivity index (χ0) is 22.6. The molecule has 3 N–H and O–H groups in total. The Balaban J connectivity index is 0.00000272. The van der Waals surface area contributed by atoms with Crippen molar-refractivity contribution in [1.82, 2.24) is 0 Å². The summed E-state index contributed by atoms with van der Waals surface area (Å²) >= 11 is 0. The maximum atomic E-state index is 11.2. The Bertz CT molecular complexity index is 1300. The molecule has 0 amide bonds. The fourth-order valence-electron chi connectivity index (χ4n) is 2.48. The number of nitrogens with zero attached hydrogens (tertiary/aromatic N) is 4. The van der Waals surface area contributed by atoms with Crippen LogP contribution >= 0.6 is 0 Å². The fraction of sp³-hybridized carbons (Fsp3) is 0.0500. The molecule has 0 aromatic heterocycles. The van der Waals surface area contributed by atoms with Crippen LogP contribution in [0.1, 0.15) is 15.9 Å². The van der Waals surface area contributed by atoms with Crippen LogP contribution in [0.4, 0.5) is 22.7 Å². The number of rotatable bonds is 6. The third kappa shape index (κ3) is 8.09. The van der Waals surface area contributed by atoms with Gasteiger partial charge in [0, 0.05) is 59.1 Å². The molecular formula is C20H16N4Na2O6S. The molecule has 0 aliphatic rings. The molecule has 10 nitrogen and oxygen atoms in total. The topological polar surface area (TPSA) is 161 Å². The van der Waals surface area contributed by atoms with E-state index in [0.29, 0.717) is 22.6 Å². The van der Waals surface area contributed by atoms with E-state index in [4.69, 9.17) is 9.66 Å². The van der Waals surface area contributed by atoms with E-state index < -0.39 is 16.1 Å². The first-order valence-corrected chi connectivity index (χ1v) is 10.2. The number of hydrogen-bond acceptors (Lipinski definition) is 8. The number of aromatic carboxylic acids is 1. The molecule has 0 fully saturated rings. The van der Waals surface area contributed by atoms with Crippen LogP contribution in [-0.4, -0.2) is 88.3 Å².